The smallest absolute Gasteiger partial charge is 0.182 e. The van der Waals surface area contributed by atoms with E-state index in [2.05, 4.69) is 40.9 Å². The van der Waals surface area contributed by atoms with E-state index < -0.39 is 0 Å². The molecule has 0 aliphatic carbocycles. The standard InChI is InChI=1S/C17H14ClN3S/c1-22-15-7-5-13(6-8-15)16-11-14(18)12-19-17(16)20-21-9-3-2-4-10-21/h2-12H,1H3. The Balaban J connectivity index is 2.00. The molecule has 0 atom stereocenters. The molecule has 3 rings (SSSR count). The summed E-state index contributed by atoms with van der Waals surface area (Å²) in [6.45, 7) is 0. The highest BCUT2D eigenvalue weighted by molar-refractivity contribution is 7.98. The second-order valence-corrected chi connectivity index (χ2v) is 5.92. The molecule has 0 saturated carbocycles. The zero-order valence-electron chi connectivity index (χ0n) is 12.0. The molecule has 2 aromatic heterocycles. The summed E-state index contributed by atoms with van der Waals surface area (Å²) in [4.78, 5) is 5.59. The van der Waals surface area contributed by atoms with Gasteiger partial charge in [0.25, 0.3) is 0 Å². The van der Waals surface area contributed by atoms with Gasteiger partial charge in [-0.2, -0.15) is 10.1 Å². The molecule has 0 radical (unpaired) electrons. The first-order valence-corrected chi connectivity index (χ1v) is 8.35. The molecule has 1 aromatic carbocycles. The average Bonchev–Trinajstić information content (AvgIpc) is 2.57. The summed E-state index contributed by atoms with van der Waals surface area (Å²) in [6.07, 6.45) is 7.42. The fraction of sp³-hybridized carbons (Fsp3) is 0.0588. The van der Waals surface area contributed by atoms with Crippen LogP contribution in [0.3, 0.4) is 0 Å². The van der Waals surface area contributed by atoms with Crippen LogP contribution in [0.5, 0.6) is 0 Å². The third-order valence-electron chi connectivity index (χ3n) is 3.14. The van der Waals surface area contributed by atoms with Gasteiger partial charge in [-0.05, 0) is 35.6 Å². The van der Waals surface area contributed by atoms with E-state index in [0.717, 1.165) is 11.1 Å². The van der Waals surface area contributed by atoms with E-state index in [1.165, 1.54) is 4.90 Å². The lowest BCUT2D eigenvalue weighted by Gasteiger charge is -2.15. The Kier molecular flexibility index (Phi) is 4.61. The molecule has 22 heavy (non-hydrogen) atoms. The second kappa shape index (κ2) is 6.81. The monoisotopic (exact) mass is 327 g/mol. The van der Waals surface area contributed by atoms with Crippen molar-refractivity contribution in [2.45, 2.75) is 4.90 Å². The number of rotatable bonds is 4. The molecule has 5 heteroatoms. The van der Waals surface area contributed by atoms with Crippen molar-refractivity contribution >= 4 is 29.2 Å². The van der Waals surface area contributed by atoms with Crippen LogP contribution in [-0.2, 0) is 0 Å². The van der Waals surface area contributed by atoms with E-state index in [1.807, 2.05) is 36.7 Å². The Hall–Kier alpha value is -2.04. The number of pyridine rings is 2. The lowest BCUT2D eigenvalue weighted by Crippen LogP contribution is -2.26. The third-order valence-corrected chi connectivity index (χ3v) is 4.09. The molecule has 0 aliphatic heterocycles. The predicted octanol–water partition coefficient (Wildman–Crippen LogP) is 4.88. The number of halogens is 1. The summed E-state index contributed by atoms with van der Waals surface area (Å²) < 4.78 is 1.73. The van der Waals surface area contributed by atoms with Gasteiger partial charge in [0.2, 0.25) is 0 Å². The van der Waals surface area contributed by atoms with E-state index in [9.17, 15) is 0 Å². The number of aromatic nitrogens is 2. The minimum Gasteiger partial charge on any atom is -0.436 e. The van der Waals surface area contributed by atoms with Crippen molar-refractivity contribution in [1.82, 2.24) is 4.98 Å². The zero-order chi connectivity index (χ0) is 15.4. The van der Waals surface area contributed by atoms with Gasteiger partial charge < -0.3 is 4.98 Å². The summed E-state index contributed by atoms with van der Waals surface area (Å²) in [7, 11) is 0. The van der Waals surface area contributed by atoms with Crippen molar-refractivity contribution in [2.24, 2.45) is 0 Å². The summed E-state index contributed by atoms with van der Waals surface area (Å²) in [6, 6.07) is 16.0. The van der Waals surface area contributed by atoms with E-state index >= 15 is 0 Å². The second-order valence-electron chi connectivity index (χ2n) is 4.61. The van der Waals surface area contributed by atoms with E-state index in [0.29, 0.717) is 10.8 Å². The molecule has 0 unspecified atom stereocenters. The van der Waals surface area contributed by atoms with Gasteiger partial charge >= 0.3 is 0 Å². The normalized spacial score (nSPS) is 10.5. The van der Waals surface area contributed by atoms with Crippen LogP contribution in [-0.4, -0.2) is 11.2 Å². The van der Waals surface area contributed by atoms with Gasteiger partial charge in [-0.1, -0.05) is 36.0 Å². The van der Waals surface area contributed by atoms with Gasteiger partial charge in [-0.15, -0.1) is 11.8 Å². The first-order valence-electron chi connectivity index (χ1n) is 6.74. The van der Waals surface area contributed by atoms with Gasteiger partial charge in [0.05, 0.1) is 0 Å². The predicted molar refractivity (Wildman–Crippen MR) is 91.5 cm³/mol. The number of benzene rings is 1. The van der Waals surface area contributed by atoms with Gasteiger partial charge in [0.1, 0.15) is 0 Å². The highest BCUT2D eigenvalue weighted by Crippen LogP contribution is 2.33. The first-order chi connectivity index (χ1) is 10.8. The Labute approximate surface area is 139 Å². The van der Waals surface area contributed by atoms with Gasteiger partial charge in [-0.25, -0.2) is 0 Å². The molecule has 2 heterocycles. The summed E-state index contributed by atoms with van der Waals surface area (Å²) in [5, 5.41) is 0.598. The molecule has 0 aliphatic rings. The maximum Gasteiger partial charge on any atom is 0.182 e. The molecule has 0 fully saturated rings. The third kappa shape index (κ3) is 3.40. The molecule has 0 bridgehead atoms. The SMILES string of the molecule is CSc1ccc(-c2cc(Cl)cnc2[N-][n+]2ccccc2)cc1. The van der Waals surface area contributed by atoms with Crippen LogP contribution in [0, 0.1) is 0 Å². The Morgan fingerprint density at radius 3 is 2.50 bits per heavy atom. The Bertz CT molecular complexity index is 761. The molecule has 0 amide bonds. The first kappa shape index (κ1) is 14.9. The van der Waals surface area contributed by atoms with E-state index in [1.54, 1.807) is 22.6 Å². The van der Waals surface area contributed by atoms with Crippen molar-refractivity contribution in [3.8, 4) is 11.1 Å². The van der Waals surface area contributed by atoms with Crippen LogP contribution in [0.1, 0.15) is 0 Å². The lowest BCUT2D eigenvalue weighted by atomic mass is 10.1. The molecule has 3 aromatic rings. The van der Waals surface area contributed by atoms with Crippen molar-refractivity contribution < 1.29 is 4.68 Å². The van der Waals surface area contributed by atoms with Gasteiger partial charge in [0.15, 0.2) is 12.4 Å². The zero-order valence-corrected chi connectivity index (χ0v) is 13.6. The van der Waals surface area contributed by atoms with Crippen molar-refractivity contribution in [3.05, 3.63) is 77.6 Å². The molecule has 0 N–H and O–H groups in total. The molecule has 0 spiro atoms. The van der Waals surface area contributed by atoms with Crippen LogP contribution in [0.15, 0.2) is 72.0 Å². The summed E-state index contributed by atoms with van der Waals surface area (Å²) in [5.74, 6) is 0.637. The van der Waals surface area contributed by atoms with Crippen LogP contribution >= 0.6 is 23.4 Å². The van der Waals surface area contributed by atoms with Crippen molar-refractivity contribution in [2.75, 3.05) is 6.26 Å². The highest BCUT2D eigenvalue weighted by atomic mass is 35.5. The minimum absolute atomic E-state index is 0.598. The Morgan fingerprint density at radius 1 is 1.09 bits per heavy atom. The van der Waals surface area contributed by atoms with Crippen molar-refractivity contribution in [1.29, 1.82) is 0 Å². The maximum atomic E-state index is 6.11. The number of hydrogen-bond donors (Lipinski definition) is 0. The Morgan fingerprint density at radius 2 is 1.82 bits per heavy atom. The summed E-state index contributed by atoms with van der Waals surface area (Å²) >= 11 is 7.83. The minimum atomic E-state index is 0.598. The molecule has 0 saturated heterocycles. The number of nitrogens with zero attached hydrogens (tertiary/aromatic N) is 3. The number of hydrogen-bond acceptors (Lipinski definition) is 2. The van der Waals surface area contributed by atoms with Gasteiger partial charge in [-0.3, -0.25) is 0 Å². The fourth-order valence-electron chi connectivity index (χ4n) is 2.06. The highest BCUT2D eigenvalue weighted by Gasteiger charge is 2.05. The number of thioether (sulfide) groups is 1. The maximum absolute atomic E-state index is 6.11. The van der Waals surface area contributed by atoms with Crippen LogP contribution in [0.4, 0.5) is 5.82 Å². The molecule has 110 valence electrons. The molecule has 3 nitrogen and oxygen atoms in total. The van der Waals surface area contributed by atoms with E-state index in [-0.39, 0.29) is 0 Å². The molecular weight excluding hydrogens is 314 g/mol. The van der Waals surface area contributed by atoms with Crippen LogP contribution < -0.4 is 4.68 Å². The topological polar surface area (TPSA) is 30.9 Å². The van der Waals surface area contributed by atoms with Crippen LogP contribution in [0.2, 0.25) is 5.02 Å². The molecular formula is C17H14ClN3S. The largest absolute Gasteiger partial charge is 0.436 e. The van der Waals surface area contributed by atoms with Crippen LogP contribution in [0.25, 0.3) is 16.6 Å². The quantitative estimate of drug-likeness (QED) is 0.505. The fourth-order valence-corrected chi connectivity index (χ4v) is 2.63. The van der Waals surface area contributed by atoms with Gasteiger partial charge in [0, 0.05) is 27.9 Å². The van der Waals surface area contributed by atoms with Crippen molar-refractivity contribution in [3.63, 3.8) is 0 Å². The van der Waals surface area contributed by atoms with E-state index in [4.69, 9.17) is 11.6 Å². The average molecular weight is 328 g/mol. The summed E-state index contributed by atoms with van der Waals surface area (Å²) in [5.41, 5.74) is 6.50. The lowest BCUT2D eigenvalue weighted by molar-refractivity contribution is -0.619.